The fraction of sp³-hybridized carbons (Fsp3) is 0.412. The zero-order chi connectivity index (χ0) is 17.4. The number of carboxylic acids is 1. The summed E-state index contributed by atoms with van der Waals surface area (Å²) in [7, 11) is 0. The first kappa shape index (κ1) is 17.8. The van der Waals surface area contributed by atoms with E-state index in [0.29, 0.717) is 0 Å². The first-order chi connectivity index (χ1) is 11.6. The lowest BCUT2D eigenvalue weighted by Gasteiger charge is -2.13. The second kappa shape index (κ2) is 8.93. The van der Waals surface area contributed by atoms with Crippen molar-refractivity contribution in [2.45, 2.75) is 44.6 Å². The van der Waals surface area contributed by atoms with E-state index in [1.807, 2.05) is 29.7 Å². The molecule has 0 spiro atoms. The number of carboxylic acid groups (broad SMARTS) is 2. The van der Waals surface area contributed by atoms with Gasteiger partial charge in [0.2, 0.25) is 0 Å². The predicted molar refractivity (Wildman–Crippen MR) is 90.8 cm³/mol. The molecular weight excluding hydrogens is 310 g/mol. The summed E-state index contributed by atoms with van der Waals surface area (Å²) in [5.41, 5.74) is 5.84. The summed E-state index contributed by atoms with van der Waals surface area (Å²) >= 11 is 0. The Hall–Kier alpha value is -2.54. The third-order valence-corrected chi connectivity index (χ3v) is 4.00. The van der Waals surface area contributed by atoms with Gasteiger partial charge in [-0.2, -0.15) is 0 Å². The molecule has 24 heavy (non-hydrogen) atoms. The Balaban J connectivity index is 0.000000355. The van der Waals surface area contributed by atoms with Crippen LogP contribution < -0.4 is 10.9 Å². The van der Waals surface area contributed by atoms with Gasteiger partial charge in [-0.05, 0) is 11.6 Å². The molecule has 0 radical (unpaired) electrons. The fourth-order valence-corrected chi connectivity index (χ4v) is 2.75. The van der Waals surface area contributed by atoms with E-state index in [4.69, 9.17) is 10.2 Å². The van der Waals surface area contributed by atoms with E-state index in [0.717, 1.165) is 16.5 Å². The molecule has 1 saturated carbocycles. The number of hydrazine groups is 1. The summed E-state index contributed by atoms with van der Waals surface area (Å²) < 4.78 is 0. The van der Waals surface area contributed by atoms with Gasteiger partial charge in [-0.25, -0.2) is 10.2 Å². The molecular formula is C17H23N3O4. The zero-order valence-corrected chi connectivity index (χ0v) is 13.4. The van der Waals surface area contributed by atoms with E-state index in [1.165, 1.54) is 32.1 Å². The molecule has 1 amide bonds. The van der Waals surface area contributed by atoms with Gasteiger partial charge < -0.3 is 15.2 Å². The largest absolute Gasteiger partial charge is 0.480 e. The van der Waals surface area contributed by atoms with E-state index in [2.05, 4.69) is 10.4 Å². The summed E-state index contributed by atoms with van der Waals surface area (Å²) in [5, 5.41) is 18.4. The third-order valence-electron chi connectivity index (χ3n) is 4.00. The number of hydrogen-bond acceptors (Lipinski definition) is 3. The highest BCUT2D eigenvalue weighted by Crippen LogP contribution is 2.19. The van der Waals surface area contributed by atoms with Crippen LogP contribution in [0.1, 0.15) is 37.7 Å². The van der Waals surface area contributed by atoms with Crippen molar-refractivity contribution in [2.24, 2.45) is 0 Å². The van der Waals surface area contributed by atoms with Gasteiger partial charge in [0, 0.05) is 23.5 Å². The number of amides is 1. The number of aliphatic carboxylic acids is 1. The average Bonchev–Trinajstić information content (AvgIpc) is 3.24. The monoisotopic (exact) mass is 333 g/mol. The molecule has 7 nitrogen and oxygen atoms in total. The van der Waals surface area contributed by atoms with Gasteiger partial charge in [-0.3, -0.25) is 10.2 Å². The highest BCUT2D eigenvalue weighted by Gasteiger charge is 2.19. The zero-order valence-electron chi connectivity index (χ0n) is 13.4. The molecule has 0 aliphatic heterocycles. The third kappa shape index (κ3) is 5.27. The van der Waals surface area contributed by atoms with Gasteiger partial charge >= 0.3 is 12.1 Å². The topological polar surface area (TPSA) is 114 Å². The number of aromatic amines is 1. The van der Waals surface area contributed by atoms with Crippen LogP contribution in [0.25, 0.3) is 10.9 Å². The Morgan fingerprint density at radius 3 is 2.29 bits per heavy atom. The first-order valence-corrected chi connectivity index (χ1v) is 8.10. The molecule has 3 rings (SSSR count). The number of hydrogen-bond donors (Lipinski definition) is 5. The molecule has 5 N–H and O–H groups in total. The summed E-state index contributed by atoms with van der Waals surface area (Å²) in [5.74, 6) is -1.13. The Bertz CT molecular complexity index is 672. The lowest BCUT2D eigenvalue weighted by atomic mass is 10.1. The lowest BCUT2D eigenvalue weighted by Crippen LogP contribution is -2.48. The van der Waals surface area contributed by atoms with Gasteiger partial charge in [0.1, 0.15) is 6.04 Å². The maximum Gasteiger partial charge on any atom is 0.419 e. The van der Waals surface area contributed by atoms with E-state index in [1.54, 1.807) is 6.20 Å². The van der Waals surface area contributed by atoms with Crippen LogP contribution in [0, 0.1) is 0 Å². The summed E-state index contributed by atoms with van der Waals surface area (Å²) in [6.07, 6.45) is 8.06. The van der Waals surface area contributed by atoms with Crippen molar-refractivity contribution < 1.29 is 19.8 Å². The van der Waals surface area contributed by atoms with Gasteiger partial charge in [0.05, 0.1) is 0 Å². The molecule has 1 aromatic carbocycles. The van der Waals surface area contributed by atoms with E-state index >= 15 is 0 Å². The number of fused-ring (bicyclic) bond motifs is 1. The molecule has 1 heterocycles. The van der Waals surface area contributed by atoms with Gasteiger partial charge in [0.25, 0.3) is 0 Å². The second-order valence-electron chi connectivity index (χ2n) is 5.80. The van der Waals surface area contributed by atoms with Gasteiger partial charge in [-0.15, -0.1) is 0 Å². The van der Waals surface area contributed by atoms with Gasteiger partial charge in [0.15, 0.2) is 0 Å². The number of H-pyrrole nitrogens is 1. The second-order valence-corrected chi connectivity index (χ2v) is 5.80. The number of rotatable bonds is 5. The molecule has 7 heteroatoms. The molecule has 130 valence electrons. The van der Waals surface area contributed by atoms with Crippen LogP contribution in [0.2, 0.25) is 0 Å². The Morgan fingerprint density at radius 2 is 1.71 bits per heavy atom. The first-order valence-electron chi connectivity index (χ1n) is 8.10. The molecule has 2 aromatic rings. The summed E-state index contributed by atoms with van der Waals surface area (Å²) in [6.45, 7) is 0. The van der Waals surface area contributed by atoms with Crippen molar-refractivity contribution in [1.29, 1.82) is 0 Å². The number of para-hydroxylation sites is 1. The van der Waals surface area contributed by atoms with E-state index in [-0.39, 0.29) is 6.42 Å². The number of nitrogens with one attached hydrogen (secondary N) is 3. The average molecular weight is 333 g/mol. The van der Waals surface area contributed by atoms with Crippen molar-refractivity contribution >= 4 is 23.0 Å². The van der Waals surface area contributed by atoms with Crippen molar-refractivity contribution in [1.82, 2.24) is 15.8 Å². The molecule has 1 atom stereocenters. The standard InChI is InChI=1S/C12H13N3O4.C5H10/c16-11(17)10(14-15-12(18)19)5-7-6-13-9-4-2-1-3-8(7)9;1-2-4-5-3-1/h1-4,6,10,13-15H,5H2,(H,16,17)(H,18,19);1-5H2/t10-;/m0./s1. The van der Waals surface area contributed by atoms with Crippen molar-refractivity contribution in [3.05, 3.63) is 36.0 Å². The number of aromatic nitrogens is 1. The Morgan fingerprint density at radius 1 is 1.08 bits per heavy atom. The van der Waals surface area contributed by atoms with Crippen molar-refractivity contribution in [3.8, 4) is 0 Å². The van der Waals surface area contributed by atoms with Crippen LogP contribution in [0.5, 0.6) is 0 Å². The molecule has 1 aliphatic carbocycles. The lowest BCUT2D eigenvalue weighted by molar-refractivity contribution is -0.139. The normalized spacial score (nSPS) is 14.7. The van der Waals surface area contributed by atoms with Crippen LogP contribution >= 0.6 is 0 Å². The SMILES string of the molecule is C1CCCC1.O=C(O)NN[C@@H](Cc1c[nH]c2ccccc12)C(=O)O. The molecule has 0 bridgehead atoms. The van der Waals surface area contributed by atoms with Crippen LogP contribution in [-0.4, -0.2) is 33.3 Å². The van der Waals surface area contributed by atoms with Gasteiger partial charge in [-0.1, -0.05) is 50.3 Å². The van der Waals surface area contributed by atoms with Crippen LogP contribution in [0.15, 0.2) is 30.5 Å². The minimum Gasteiger partial charge on any atom is -0.480 e. The highest BCUT2D eigenvalue weighted by atomic mass is 16.4. The fourth-order valence-electron chi connectivity index (χ4n) is 2.75. The molecule has 1 aliphatic rings. The quantitative estimate of drug-likeness (QED) is 0.540. The van der Waals surface area contributed by atoms with Crippen LogP contribution in [-0.2, 0) is 11.2 Å². The van der Waals surface area contributed by atoms with Crippen LogP contribution in [0.4, 0.5) is 4.79 Å². The van der Waals surface area contributed by atoms with E-state index in [9.17, 15) is 9.59 Å². The molecule has 1 fully saturated rings. The van der Waals surface area contributed by atoms with Crippen molar-refractivity contribution in [3.63, 3.8) is 0 Å². The van der Waals surface area contributed by atoms with Crippen LogP contribution in [0.3, 0.4) is 0 Å². The summed E-state index contributed by atoms with van der Waals surface area (Å²) in [6, 6.07) is 6.47. The number of benzene rings is 1. The molecule has 0 unspecified atom stereocenters. The van der Waals surface area contributed by atoms with Crippen molar-refractivity contribution in [2.75, 3.05) is 0 Å². The minimum atomic E-state index is -1.33. The highest BCUT2D eigenvalue weighted by molar-refractivity contribution is 5.84. The maximum atomic E-state index is 11.1. The smallest absolute Gasteiger partial charge is 0.419 e. The minimum absolute atomic E-state index is 0.166. The predicted octanol–water partition coefficient (Wildman–Crippen LogP) is 2.89. The molecule has 1 aromatic heterocycles. The number of carbonyl (C=O) groups is 2. The maximum absolute atomic E-state index is 11.1. The molecule has 0 saturated heterocycles. The Kier molecular flexibility index (Phi) is 6.62. The Labute approximate surface area is 140 Å². The summed E-state index contributed by atoms with van der Waals surface area (Å²) in [4.78, 5) is 24.5. The van der Waals surface area contributed by atoms with E-state index < -0.39 is 18.1 Å².